The summed E-state index contributed by atoms with van der Waals surface area (Å²) >= 11 is 0. The van der Waals surface area contributed by atoms with Crippen LogP contribution in [0, 0.1) is 16.0 Å². The molecule has 0 saturated carbocycles. The van der Waals surface area contributed by atoms with E-state index in [-0.39, 0.29) is 16.7 Å². The Morgan fingerprint density at radius 2 is 2.10 bits per heavy atom. The quantitative estimate of drug-likeness (QED) is 0.620. The third-order valence-corrected chi connectivity index (χ3v) is 4.12. The maximum Gasteiger partial charge on any atom is 0.272 e. The molecule has 1 aliphatic rings. The first-order valence-electron chi connectivity index (χ1n) is 7.75. The maximum absolute atomic E-state index is 11.2. The first kappa shape index (κ1) is 15.9. The molecule has 1 atom stereocenters. The summed E-state index contributed by atoms with van der Waals surface area (Å²) in [6, 6.07) is 7.36. The van der Waals surface area contributed by atoms with Crippen molar-refractivity contribution < 1.29 is 9.66 Å². The molecule has 1 fully saturated rings. The molecular formula is C16H24N2O3. The van der Waals surface area contributed by atoms with E-state index in [0.29, 0.717) is 12.3 Å². The fourth-order valence-electron chi connectivity index (χ4n) is 2.95. The largest absolute Gasteiger partial charge is 0.381 e. The van der Waals surface area contributed by atoms with Gasteiger partial charge in [0.1, 0.15) is 0 Å². The Bertz CT molecular complexity index is 459. The molecule has 1 aromatic rings. The van der Waals surface area contributed by atoms with Crippen LogP contribution < -0.4 is 5.32 Å². The minimum absolute atomic E-state index is 0.229. The fraction of sp³-hybridized carbons (Fsp3) is 0.625. The van der Waals surface area contributed by atoms with Gasteiger partial charge in [0.05, 0.1) is 4.92 Å². The highest BCUT2D eigenvalue weighted by Crippen LogP contribution is 2.25. The Morgan fingerprint density at radius 3 is 2.76 bits per heavy atom. The zero-order valence-electron chi connectivity index (χ0n) is 12.6. The number of nitro groups is 1. The molecule has 0 amide bonds. The van der Waals surface area contributed by atoms with Crippen molar-refractivity contribution in [2.45, 2.75) is 38.6 Å². The minimum Gasteiger partial charge on any atom is -0.381 e. The Balaban J connectivity index is 2.12. The van der Waals surface area contributed by atoms with Gasteiger partial charge >= 0.3 is 0 Å². The Kier molecular flexibility index (Phi) is 6.14. The molecule has 1 heterocycles. The Morgan fingerprint density at radius 1 is 1.38 bits per heavy atom. The number of hydrogen-bond donors (Lipinski definition) is 1. The number of nitrogens with zero attached hydrogens (tertiary/aromatic N) is 1. The maximum atomic E-state index is 11.2. The molecular weight excluding hydrogens is 268 g/mol. The molecule has 5 nitrogen and oxygen atoms in total. The van der Waals surface area contributed by atoms with Crippen LogP contribution in [0.25, 0.3) is 0 Å². The van der Waals surface area contributed by atoms with E-state index in [4.69, 9.17) is 4.74 Å². The highest BCUT2D eigenvalue weighted by Gasteiger charge is 2.26. The fourth-order valence-corrected chi connectivity index (χ4v) is 2.95. The standard InChI is InChI=1S/C16H24N2O3/c1-2-9-17-15(13-7-10-21-11-8-13)12-14-5-3-4-6-16(14)18(19)20/h3-6,13,15,17H,2,7-12H2,1H3. The summed E-state index contributed by atoms with van der Waals surface area (Å²) in [5.41, 5.74) is 1.05. The highest BCUT2D eigenvalue weighted by atomic mass is 16.6. The van der Waals surface area contributed by atoms with Crippen molar-refractivity contribution in [3.8, 4) is 0 Å². The van der Waals surface area contributed by atoms with Crippen LogP contribution in [0.2, 0.25) is 0 Å². The van der Waals surface area contributed by atoms with E-state index >= 15 is 0 Å². The molecule has 1 aromatic carbocycles. The van der Waals surface area contributed by atoms with Crippen molar-refractivity contribution in [3.63, 3.8) is 0 Å². The molecule has 2 rings (SSSR count). The average molecular weight is 292 g/mol. The highest BCUT2D eigenvalue weighted by molar-refractivity contribution is 5.40. The number of nitrogens with one attached hydrogen (secondary N) is 1. The summed E-state index contributed by atoms with van der Waals surface area (Å²) in [6.07, 6.45) is 3.84. The summed E-state index contributed by atoms with van der Waals surface area (Å²) in [4.78, 5) is 10.9. The van der Waals surface area contributed by atoms with E-state index < -0.39 is 0 Å². The zero-order valence-corrected chi connectivity index (χ0v) is 12.6. The summed E-state index contributed by atoms with van der Waals surface area (Å²) in [7, 11) is 0. The predicted molar refractivity (Wildman–Crippen MR) is 82.4 cm³/mol. The van der Waals surface area contributed by atoms with E-state index in [1.54, 1.807) is 12.1 Å². The third kappa shape index (κ3) is 4.51. The smallest absolute Gasteiger partial charge is 0.272 e. The van der Waals surface area contributed by atoms with Gasteiger partial charge in [-0.15, -0.1) is 0 Å². The number of benzene rings is 1. The average Bonchev–Trinajstić information content (AvgIpc) is 2.52. The van der Waals surface area contributed by atoms with E-state index in [0.717, 1.165) is 44.6 Å². The van der Waals surface area contributed by atoms with Gasteiger partial charge in [0, 0.05) is 30.9 Å². The van der Waals surface area contributed by atoms with Gasteiger partial charge in [-0.05, 0) is 38.1 Å². The Hall–Kier alpha value is -1.46. The topological polar surface area (TPSA) is 64.4 Å². The van der Waals surface area contributed by atoms with Gasteiger partial charge in [0.25, 0.3) is 5.69 Å². The van der Waals surface area contributed by atoms with Crippen molar-refractivity contribution in [3.05, 3.63) is 39.9 Å². The number of para-hydroxylation sites is 1. The van der Waals surface area contributed by atoms with Gasteiger partial charge in [0.2, 0.25) is 0 Å². The van der Waals surface area contributed by atoms with Crippen molar-refractivity contribution in [1.82, 2.24) is 5.32 Å². The lowest BCUT2D eigenvalue weighted by Crippen LogP contribution is -2.41. The van der Waals surface area contributed by atoms with Crippen molar-refractivity contribution >= 4 is 5.69 Å². The van der Waals surface area contributed by atoms with Crippen LogP contribution in [-0.4, -0.2) is 30.7 Å². The van der Waals surface area contributed by atoms with Gasteiger partial charge in [0.15, 0.2) is 0 Å². The second-order valence-electron chi connectivity index (χ2n) is 5.60. The summed E-state index contributed by atoms with van der Waals surface area (Å²) in [6.45, 7) is 4.68. The lowest BCUT2D eigenvalue weighted by molar-refractivity contribution is -0.385. The minimum atomic E-state index is -0.282. The van der Waals surface area contributed by atoms with E-state index in [1.807, 2.05) is 12.1 Å². The molecule has 5 heteroatoms. The molecule has 0 bridgehead atoms. The first-order valence-corrected chi connectivity index (χ1v) is 7.75. The molecule has 0 aromatic heterocycles. The molecule has 1 aliphatic heterocycles. The van der Waals surface area contributed by atoms with E-state index in [2.05, 4.69) is 12.2 Å². The van der Waals surface area contributed by atoms with Gasteiger partial charge in [-0.1, -0.05) is 25.1 Å². The number of hydrogen-bond acceptors (Lipinski definition) is 4. The molecule has 116 valence electrons. The molecule has 1 N–H and O–H groups in total. The third-order valence-electron chi connectivity index (χ3n) is 4.12. The van der Waals surface area contributed by atoms with Crippen LogP contribution >= 0.6 is 0 Å². The molecule has 21 heavy (non-hydrogen) atoms. The summed E-state index contributed by atoms with van der Waals surface area (Å²) in [5.74, 6) is 0.533. The summed E-state index contributed by atoms with van der Waals surface area (Å²) < 4.78 is 5.43. The zero-order chi connectivity index (χ0) is 15.1. The second kappa shape index (κ2) is 8.10. The van der Waals surface area contributed by atoms with Gasteiger partial charge in [-0.2, -0.15) is 0 Å². The summed E-state index contributed by atoms with van der Waals surface area (Å²) in [5, 5.41) is 14.7. The first-order chi connectivity index (χ1) is 10.2. The monoisotopic (exact) mass is 292 g/mol. The number of ether oxygens (including phenoxy) is 1. The van der Waals surface area contributed by atoms with Crippen molar-refractivity contribution in [1.29, 1.82) is 0 Å². The molecule has 0 spiro atoms. The lowest BCUT2D eigenvalue weighted by Gasteiger charge is -2.31. The van der Waals surface area contributed by atoms with E-state index in [9.17, 15) is 10.1 Å². The Labute approximate surface area is 125 Å². The van der Waals surface area contributed by atoms with Gasteiger partial charge < -0.3 is 10.1 Å². The number of rotatable bonds is 7. The van der Waals surface area contributed by atoms with Crippen LogP contribution in [0.3, 0.4) is 0 Å². The van der Waals surface area contributed by atoms with Crippen LogP contribution in [0.5, 0.6) is 0 Å². The lowest BCUT2D eigenvalue weighted by atomic mass is 9.87. The normalized spacial score (nSPS) is 17.6. The second-order valence-corrected chi connectivity index (χ2v) is 5.60. The molecule has 1 unspecified atom stereocenters. The van der Waals surface area contributed by atoms with Gasteiger partial charge in [-0.25, -0.2) is 0 Å². The SMILES string of the molecule is CCCNC(Cc1ccccc1[N+](=O)[O-])C1CCOCC1. The molecule has 0 radical (unpaired) electrons. The van der Waals surface area contributed by atoms with Crippen LogP contribution in [0.4, 0.5) is 5.69 Å². The van der Waals surface area contributed by atoms with Crippen LogP contribution in [0.15, 0.2) is 24.3 Å². The number of nitro benzene ring substituents is 1. The van der Waals surface area contributed by atoms with Gasteiger partial charge in [-0.3, -0.25) is 10.1 Å². The van der Waals surface area contributed by atoms with E-state index in [1.165, 1.54) is 0 Å². The predicted octanol–water partition coefficient (Wildman–Crippen LogP) is 2.93. The van der Waals surface area contributed by atoms with Crippen LogP contribution in [0.1, 0.15) is 31.7 Å². The van der Waals surface area contributed by atoms with Crippen molar-refractivity contribution in [2.24, 2.45) is 5.92 Å². The van der Waals surface area contributed by atoms with Crippen LogP contribution in [-0.2, 0) is 11.2 Å². The molecule has 0 aliphatic carbocycles. The molecule has 1 saturated heterocycles. The van der Waals surface area contributed by atoms with Crippen molar-refractivity contribution in [2.75, 3.05) is 19.8 Å².